The largest absolute Gasteiger partial charge is 0.265 e. The van der Waals surface area contributed by atoms with E-state index >= 15 is 0 Å². The Labute approximate surface area is 109 Å². The molecular weight excluding hydrogens is 220 g/mol. The average molecular weight is 240 g/mol. The zero-order valence-corrected chi connectivity index (χ0v) is 11.2. The van der Waals surface area contributed by atoms with Crippen molar-refractivity contribution in [1.29, 1.82) is 0 Å². The zero-order valence-electron chi connectivity index (χ0n) is 11.2. The number of aliphatic imine (C=N–C) groups is 1. The lowest BCUT2D eigenvalue weighted by Crippen LogP contribution is -2.20. The van der Waals surface area contributed by atoms with Crippen LogP contribution in [0.1, 0.15) is 50.3 Å². The molecule has 0 radical (unpaired) electrons. The Morgan fingerprint density at radius 3 is 3.06 bits per heavy atom. The Morgan fingerprint density at radius 2 is 2.28 bits per heavy atom. The molecule has 0 bridgehead atoms. The lowest BCUT2D eigenvalue weighted by molar-refractivity contribution is 0.379. The van der Waals surface area contributed by atoms with E-state index in [-0.39, 0.29) is 0 Å². The van der Waals surface area contributed by atoms with E-state index < -0.39 is 0 Å². The fraction of sp³-hybridized carbons (Fsp3) is 0.500. The van der Waals surface area contributed by atoms with Gasteiger partial charge in [-0.05, 0) is 49.3 Å². The highest BCUT2D eigenvalue weighted by molar-refractivity contribution is 5.66. The van der Waals surface area contributed by atoms with Gasteiger partial charge in [0.1, 0.15) is 0 Å². The second-order valence-electron chi connectivity index (χ2n) is 5.58. The molecule has 2 heteroatoms. The maximum absolute atomic E-state index is 4.59. The van der Waals surface area contributed by atoms with Crippen LogP contribution in [0, 0.1) is 5.92 Å². The molecule has 94 valence electrons. The monoisotopic (exact) mass is 240 g/mol. The highest BCUT2D eigenvalue weighted by Gasteiger charge is 2.28. The summed E-state index contributed by atoms with van der Waals surface area (Å²) in [5, 5.41) is 0. The Kier molecular flexibility index (Phi) is 3.02. The molecule has 2 unspecified atom stereocenters. The van der Waals surface area contributed by atoms with E-state index in [1.165, 1.54) is 35.4 Å². The van der Waals surface area contributed by atoms with Crippen LogP contribution in [-0.2, 0) is 6.42 Å². The van der Waals surface area contributed by atoms with Crippen molar-refractivity contribution in [1.82, 2.24) is 4.98 Å². The number of hydrogen-bond acceptors (Lipinski definition) is 2. The standard InChI is InChI=1S/C16H20N2/c1-11-7-9-17-15(11)10-14-6-5-13-4-3-8-18-16(13)12(14)2/h3-4,8-9,12,14H,5-7,10H2,1-2H3. The van der Waals surface area contributed by atoms with Crippen molar-refractivity contribution >= 4 is 6.21 Å². The van der Waals surface area contributed by atoms with Gasteiger partial charge in [0.15, 0.2) is 0 Å². The Hall–Kier alpha value is -1.44. The van der Waals surface area contributed by atoms with Gasteiger partial charge in [-0.25, -0.2) is 0 Å². The van der Waals surface area contributed by atoms with E-state index in [4.69, 9.17) is 0 Å². The van der Waals surface area contributed by atoms with Gasteiger partial charge in [0.05, 0.1) is 0 Å². The summed E-state index contributed by atoms with van der Waals surface area (Å²) in [6.07, 6.45) is 8.59. The minimum atomic E-state index is 0.561. The molecule has 0 saturated carbocycles. The first-order valence-electron chi connectivity index (χ1n) is 6.90. The molecule has 18 heavy (non-hydrogen) atoms. The van der Waals surface area contributed by atoms with Gasteiger partial charge in [-0.15, -0.1) is 0 Å². The zero-order chi connectivity index (χ0) is 12.5. The second-order valence-corrected chi connectivity index (χ2v) is 5.58. The van der Waals surface area contributed by atoms with Gasteiger partial charge in [0.2, 0.25) is 0 Å². The molecule has 0 saturated heterocycles. The molecule has 0 spiro atoms. The highest BCUT2D eigenvalue weighted by atomic mass is 14.8. The summed E-state index contributed by atoms with van der Waals surface area (Å²) in [7, 11) is 0. The SMILES string of the molecule is CC1=C(CC2CCc3cccnc3C2C)N=CC1. The lowest BCUT2D eigenvalue weighted by Gasteiger charge is -2.30. The van der Waals surface area contributed by atoms with Crippen LogP contribution in [0.4, 0.5) is 0 Å². The molecule has 0 N–H and O–H groups in total. The predicted molar refractivity (Wildman–Crippen MR) is 74.9 cm³/mol. The predicted octanol–water partition coefficient (Wildman–Crippen LogP) is 3.89. The molecule has 2 nitrogen and oxygen atoms in total. The third kappa shape index (κ3) is 2.00. The van der Waals surface area contributed by atoms with Gasteiger partial charge in [-0.2, -0.15) is 0 Å². The fourth-order valence-corrected chi connectivity index (χ4v) is 3.16. The number of aromatic nitrogens is 1. The first-order chi connectivity index (χ1) is 8.75. The summed E-state index contributed by atoms with van der Waals surface area (Å²) in [6.45, 7) is 4.53. The summed E-state index contributed by atoms with van der Waals surface area (Å²) in [6, 6.07) is 4.28. The first kappa shape index (κ1) is 11.6. The van der Waals surface area contributed by atoms with Crippen LogP contribution in [0.2, 0.25) is 0 Å². The van der Waals surface area contributed by atoms with Crippen LogP contribution in [0.25, 0.3) is 0 Å². The van der Waals surface area contributed by atoms with Gasteiger partial charge in [-0.1, -0.05) is 13.0 Å². The van der Waals surface area contributed by atoms with Crippen molar-refractivity contribution in [3.63, 3.8) is 0 Å². The van der Waals surface area contributed by atoms with E-state index in [1.54, 1.807) is 0 Å². The van der Waals surface area contributed by atoms with Gasteiger partial charge >= 0.3 is 0 Å². The highest BCUT2D eigenvalue weighted by Crippen LogP contribution is 2.39. The van der Waals surface area contributed by atoms with Crippen molar-refractivity contribution in [3.05, 3.63) is 40.9 Å². The number of rotatable bonds is 2. The third-order valence-electron chi connectivity index (χ3n) is 4.44. The molecule has 2 atom stereocenters. The van der Waals surface area contributed by atoms with E-state index in [0.717, 1.165) is 12.8 Å². The minimum absolute atomic E-state index is 0.561. The molecule has 3 rings (SSSR count). The maximum Gasteiger partial charge on any atom is 0.0466 e. The fourth-order valence-electron chi connectivity index (χ4n) is 3.16. The van der Waals surface area contributed by atoms with Crippen LogP contribution in [-0.4, -0.2) is 11.2 Å². The van der Waals surface area contributed by atoms with E-state index in [9.17, 15) is 0 Å². The maximum atomic E-state index is 4.59. The molecule has 0 fully saturated rings. The summed E-state index contributed by atoms with van der Waals surface area (Å²) in [5.41, 5.74) is 5.54. The lowest BCUT2D eigenvalue weighted by atomic mass is 9.76. The summed E-state index contributed by atoms with van der Waals surface area (Å²) in [5.74, 6) is 1.26. The number of nitrogens with zero attached hydrogens (tertiary/aromatic N) is 2. The Balaban J connectivity index is 1.81. The summed E-state index contributed by atoms with van der Waals surface area (Å²) < 4.78 is 0. The van der Waals surface area contributed by atoms with Gasteiger partial charge < -0.3 is 0 Å². The van der Waals surface area contributed by atoms with E-state index in [2.05, 4.69) is 36.0 Å². The van der Waals surface area contributed by atoms with Gasteiger partial charge in [0.25, 0.3) is 0 Å². The van der Waals surface area contributed by atoms with Crippen molar-refractivity contribution < 1.29 is 0 Å². The first-order valence-corrected chi connectivity index (χ1v) is 6.90. The van der Waals surface area contributed by atoms with Crippen molar-refractivity contribution in [2.45, 2.75) is 45.4 Å². The van der Waals surface area contributed by atoms with Crippen LogP contribution < -0.4 is 0 Å². The number of hydrogen-bond donors (Lipinski definition) is 0. The Bertz CT molecular complexity index is 514. The molecule has 2 aliphatic rings. The number of allylic oxidation sites excluding steroid dienone is 2. The molecule has 1 aromatic heterocycles. The van der Waals surface area contributed by atoms with Crippen molar-refractivity contribution in [3.8, 4) is 0 Å². The number of aryl methyl sites for hydroxylation is 1. The Morgan fingerprint density at radius 1 is 1.39 bits per heavy atom. The van der Waals surface area contributed by atoms with E-state index in [1.807, 2.05) is 12.4 Å². The van der Waals surface area contributed by atoms with Crippen LogP contribution in [0.5, 0.6) is 0 Å². The van der Waals surface area contributed by atoms with E-state index in [0.29, 0.717) is 11.8 Å². The molecule has 0 aromatic carbocycles. The quantitative estimate of drug-likeness (QED) is 0.770. The molecule has 0 amide bonds. The molecule has 1 aromatic rings. The molecule has 2 heterocycles. The number of fused-ring (bicyclic) bond motifs is 1. The molecule has 1 aliphatic carbocycles. The third-order valence-corrected chi connectivity index (χ3v) is 4.44. The van der Waals surface area contributed by atoms with Gasteiger partial charge in [0, 0.05) is 36.1 Å². The minimum Gasteiger partial charge on any atom is -0.265 e. The average Bonchev–Trinajstić information content (AvgIpc) is 2.79. The van der Waals surface area contributed by atoms with Crippen molar-refractivity contribution in [2.75, 3.05) is 0 Å². The molecule has 1 aliphatic heterocycles. The normalized spacial score (nSPS) is 26.6. The van der Waals surface area contributed by atoms with Crippen LogP contribution in [0.3, 0.4) is 0 Å². The van der Waals surface area contributed by atoms with Crippen LogP contribution >= 0.6 is 0 Å². The topological polar surface area (TPSA) is 25.2 Å². The second kappa shape index (κ2) is 4.68. The molecular formula is C16H20N2. The van der Waals surface area contributed by atoms with Gasteiger partial charge in [-0.3, -0.25) is 9.98 Å². The van der Waals surface area contributed by atoms with Crippen molar-refractivity contribution in [2.24, 2.45) is 10.9 Å². The summed E-state index contributed by atoms with van der Waals surface area (Å²) >= 11 is 0. The van der Waals surface area contributed by atoms with Crippen LogP contribution in [0.15, 0.2) is 34.6 Å². The smallest absolute Gasteiger partial charge is 0.0466 e. The number of pyridine rings is 1. The summed E-state index contributed by atoms with van der Waals surface area (Å²) in [4.78, 5) is 9.13.